The zero-order chi connectivity index (χ0) is 14.2. The molecule has 0 saturated carbocycles. The van der Waals surface area contributed by atoms with Gasteiger partial charge < -0.3 is 14.8 Å². The van der Waals surface area contributed by atoms with E-state index in [9.17, 15) is 0 Å². The van der Waals surface area contributed by atoms with E-state index in [0.29, 0.717) is 6.04 Å². The van der Waals surface area contributed by atoms with Gasteiger partial charge in [0.2, 0.25) is 0 Å². The Morgan fingerprint density at radius 1 is 1.25 bits per heavy atom. The molecule has 0 aliphatic carbocycles. The Balaban J connectivity index is 1.69. The fourth-order valence-electron chi connectivity index (χ4n) is 2.52. The molecule has 0 radical (unpaired) electrons. The number of ether oxygens (including phenoxy) is 2. The molecule has 112 valence electrons. The average molecular weight is 278 g/mol. The van der Waals surface area contributed by atoms with E-state index in [2.05, 4.69) is 29.4 Å². The van der Waals surface area contributed by atoms with Gasteiger partial charge in [-0.2, -0.15) is 0 Å². The van der Waals surface area contributed by atoms with Crippen LogP contribution in [0.4, 0.5) is 0 Å². The molecule has 1 aromatic carbocycles. The smallest absolute Gasteiger partial charge is 0.119 e. The lowest BCUT2D eigenvalue weighted by molar-refractivity contribution is 0.0392. The maximum Gasteiger partial charge on any atom is 0.119 e. The van der Waals surface area contributed by atoms with Crippen molar-refractivity contribution in [3.63, 3.8) is 0 Å². The first-order valence-electron chi connectivity index (χ1n) is 7.44. The van der Waals surface area contributed by atoms with Crippen LogP contribution in [0.1, 0.15) is 18.4 Å². The van der Waals surface area contributed by atoms with E-state index in [-0.39, 0.29) is 0 Å². The first kappa shape index (κ1) is 15.3. The van der Waals surface area contributed by atoms with Crippen molar-refractivity contribution in [2.45, 2.75) is 25.4 Å². The predicted molar refractivity (Wildman–Crippen MR) is 81.2 cm³/mol. The van der Waals surface area contributed by atoms with Crippen LogP contribution in [0.2, 0.25) is 0 Å². The van der Waals surface area contributed by atoms with Crippen LogP contribution in [0.25, 0.3) is 0 Å². The fraction of sp³-hybridized carbons (Fsp3) is 0.625. The molecule has 4 heteroatoms. The molecular formula is C16H26N2O2. The fourth-order valence-corrected chi connectivity index (χ4v) is 2.52. The van der Waals surface area contributed by atoms with Crippen molar-refractivity contribution in [2.24, 2.45) is 0 Å². The molecule has 2 rings (SSSR count). The first-order chi connectivity index (χ1) is 9.79. The third kappa shape index (κ3) is 4.78. The van der Waals surface area contributed by atoms with Gasteiger partial charge in [0.15, 0.2) is 0 Å². The molecule has 0 atom stereocenters. The minimum atomic E-state index is 0.644. The largest absolute Gasteiger partial charge is 0.492 e. The van der Waals surface area contributed by atoms with Crippen LogP contribution in [0.3, 0.4) is 0 Å². The van der Waals surface area contributed by atoms with E-state index < -0.39 is 0 Å². The molecule has 1 heterocycles. The van der Waals surface area contributed by atoms with Crippen LogP contribution in [0.15, 0.2) is 24.3 Å². The number of rotatable bonds is 7. The summed E-state index contributed by atoms with van der Waals surface area (Å²) in [5.74, 6) is 0.949. The van der Waals surface area contributed by atoms with Gasteiger partial charge >= 0.3 is 0 Å². The Kier molecular flexibility index (Phi) is 6.30. The quantitative estimate of drug-likeness (QED) is 0.826. The van der Waals surface area contributed by atoms with E-state index >= 15 is 0 Å². The zero-order valence-electron chi connectivity index (χ0n) is 12.6. The Labute approximate surface area is 122 Å². The molecule has 1 saturated heterocycles. The lowest BCUT2D eigenvalue weighted by atomic mass is 10.1. The third-order valence-electron chi connectivity index (χ3n) is 3.83. The second-order valence-corrected chi connectivity index (χ2v) is 5.35. The van der Waals surface area contributed by atoms with Crippen LogP contribution in [0, 0.1) is 0 Å². The first-order valence-corrected chi connectivity index (χ1v) is 7.44. The molecule has 1 aliphatic heterocycles. The lowest BCUT2D eigenvalue weighted by Gasteiger charge is -2.31. The maximum absolute atomic E-state index is 5.81. The van der Waals surface area contributed by atoms with Crippen LogP contribution in [0.5, 0.6) is 5.75 Å². The van der Waals surface area contributed by atoms with Crippen molar-refractivity contribution >= 4 is 0 Å². The van der Waals surface area contributed by atoms with Gasteiger partial charge in [-0.15, -0.1) is 0 Å². The molecule has 1 aromatic rings. The normalized spacial score (nSPS) is 16.6. The number of hydrogen-bond acceptors (Lipinski definition) is 4. The zero-order valence-corrected chi connectivity index (χ0v) is 12.6. The van der Waals surface area contributed by atoms with Crippen molar-refractivity contribution < 1.29 is 9.47 Å². The van der Waals surface area contributed by atoms with Gasteiger partial charge in [0, 0.05) is 32.3 Å². The van der Waals surface area contributed by atoms with E-state index in [1.807, 2.05) is 19.2 Å². The van der Waals surface area contributed by atoms with Crippen LogP contribution in [-0.2, 0) is 11.3 Å². The van der Waals surface area contributed by atoms with Crippen molar-refractivity contribution in [3.8, 4) is 5.75 Å². The second kappa shape index (κ2) is 8.25. The summed E-state index contributed by atoms with van der Waals surface area (Å²) in [6, 6.07) is 8.94. The molecule has 4 nitrogen and oxygen atoms in total. The minimum Gasteiger partial charge on any atom is -0.492 e. The Morgan fingerprint density at radius 2 is 1.95 bits per heavy atom. The second-order valence-electron chi connectivity index (χ2n) is 5.35. The van der Waals surface area contributed by atoms with Crippen molar-refractivity contribution in [1.29, 1.82) is 0 Å². The molecule has 0 amide bonds. The molecule has 20 heavy (non-hydrogen) atoms. The number of likely N-dealkylation sites (N-methyl/N-ethyl adjacent to an activating group) is 1. The highest BCUT2D eigenvalue weighted by molar-refractivity contribution is 5.27. The summed E-state index contributed by atoms with van der Waals surface area (Å²) >= 11 is 0. The van der Waals surface area contributed by atoms with Gasteiger partial charge in [-0.3, -0.25) is 4.90 Å². The predicted octanol–water partition coefficient (Wildman–Crippen LogP) is 1.90. The number of nitrogens with one attached hydrogen (secondary N) is 1. The summed E-state index contributed by atoms with van der Waals surface area (Å²) < 4.78 is 11.2. The van der Waals surface area contributed by atoms with Crippen molar-refractivity contribution in [1.82, 2.24) is 10.2 Å². The maximum atomic E-state index is 5.81. The van der Waals surface area contributed by atoms with Gasteiger partial charge in [0.1, 0.15) is 12.4 Å². The number of hydrogen-bond donors (Lipinski definition) is 1. The average Bonchev–Trinajstić information content (AvgIpc) is 2.50. The van der Waals surface area contributed by atoms with Gasteiger partial charge in [-0.25, -0.2) is 0 Å². The third-order valence-corrected chi connectivity index (χ3v) is 3.83. The van der Waals surface area contributed by atoms with E-state index in [1.165, 1.54) is 5.56 Å². The Bertz CT molecular complexity index is 375. The molecule has 1 aliphatic rings. The highest BCUT2D eigenvalue weighted by Crippen LogP contribution is 2.14. The summed E-state index contributed by atoms with van der Waals surface area (Å²) in [7, 11) is 4.13. The van der Waals surface area contributed by atoms with E-state index in [0.717, 1.165) is 51.5 Å². The van der Waals surface area contributed by atoms with Gasteiger partial charge in [0.25, 0.3) is 0 Å². The topological polar surface area (TPSA) is 33.7 Å². The van der Waals surface area contributed by atoms with Gasteiger partial charge in [0.05, 0.1) is 0 Å². The SMILES string of the molecule is CNCc1ccc(OCCN(C)C2CCOCC2)cc1. The summed E-state index contributed by atoms with van der Waals surface area (Å²) in [5.41, 5.74) is 1.28. The summed E-state index contributed by atoms with van der Waals surface area (Å²) in [6.07, 6.45) is 2.27. The summed E-state index contributed by atoms with van der Waals surface area (Å²) in [6.45, 7) is 4.38. The molecule has 0 unspecified atom stereocenters. The van der Waals surface area contributed by atoms with Crippen LogP contribution < -0.4 is 10.1 Å². The van der Waals surface area contributed by atoms with Gasteiger partial charge in [-0.1, -0.05) is 12.1 Å². The molecule has 1 N–H and O–H groups in total. The molecule has 0 spiro atoms. The van der Waals surface area contributed by atoms with E-state index in [1.54, 1.807) is 0 Å². The Morgan fingerprint density at radius 3 is 2.60 bits per heavy atom. The van der Waals surface area contributed by atoms with E-state index in [4.69, 9.17) is 9.47 Å². The molecule has 1 fully saturated rings. The van der Waals surface area contributed by atoms with Crippen LogP contribution in [-0.4, -0.2) is 51.4 Å². The Hall–Kier alpha value is -1.10. The minimum absolute atomic E-state index is 0.644. The highest BCUT2D eigenvalue weighted by Gasteiger charge is 2.17. The lowest BCUT2D eigenvalue weighted by Crippen LogP contribution is -2.38. The highest BCUT2D eigenvalue weighted by atomic mass is 16.5. The summed E-state index contributed by atoms with van der Waals surface area (Å²) in [4.78, 5) is 2.39. The number of nitrogens with zero attached hydrogens (tertiary/aromatic N) is 1. The van der Waals surface area contributed by atoms with Crippen molar-refractivity contribution in [2.75, 3.05) is 40.5 Å². The molecular weight excluding hydrogens is 252 g/mol. The monoisotopic (exact) mass is 278 g/mol. The van der Waals surface area contributed by atoms with Crippen molar-refractivity contribution in [3.05, 3.63) is 29.8 Å². The van der Waals surface area contributed by atoms with Crippen LogP contribution >= 0.6 is 0 Å². The summed E-state index contributed by atoms with van der Waals surface area (Å²) in [5, 5.41) is 3.14. The molecule has 0 bridgehead atoms. The number of benzene rings is 1. The van der Waals surface area contributed by atoms with Gasteiger partial charge in [-0.05, 0) is 44.6 Å². The standard InChI is InChI=1S/C16H26N2O2/c1-17-13-14-3-5-16(6-4-14)20-12-9-18(2)15-7-10-19-11-8-15/h3-6,15,17H,7-13H2,1-2H3. The molecule has 0 aromatic heterocycles.